The molecule has 13 nitrogen and oxygen atoms in total. The largest absolute Gasteiger partial charge is 0.477 e. The van der Waals surface area contributed by atoms with Gasteiger partial charge in [-0.2, -0.15) is 9.36 Å². The molecule has 1 fully saturated rings. The first kappa shape index (κ1) is 24.8. The number of aromatic nitrogens is 4. The zero-order valence-electron chi connectivity index (χ0n) is 17.6. The first-order valence-electron chi connectivity index (χ1n) is 9.62. The second kappa shape index (κ2) is 11.0. The Labute approximate surface area is 214 Å². The van der Waals surface area contributed by atoms with E-state index in [1.807, 2.05) is 0 Å². The molecule has 0 radical (unpaired) electrons. The van der Waals surface area contributed by atoms with Gasteiger partial charge in [-0.1, -0.05) is 40.9 Å². The summed E-state index contributed by atoms with van der Waals surface area (Å²) < 4.78 is 4.67. The lowest BCUT2D eigenvalue weighted by molar-refractivity contribution is -0.150. The average molecular weight is 553 g/mol. The minimum atomic E-state index is -1.24. The van der Waals surface area contributed by atoms with Gasteiger partial charge in [-0.15, -0.1) is 22.0 Å². The van der Waals surface area contributed by atoms with Crippen LogP contribution in [0.1, 0.15) is 5.82 Å². The summed E-state index contributed by atoms with van der Waals surface area (Å²) in [5.74, 6) is -2.29. The predicted octanol–water partition coefficient (Wildman–Crippen LogP) is 0.923. The zero-order chi connectivity index (χ0) is 24.9. The maximum absolute atomic E-state index is 12.9. The molecule has 4 heterocycles. The number of carbonyl (C=O) groups excluding carboxylic acids is 2. The number of carboxylic acids is 1. The summed E-state index contributed by atoms with van der Waals surface area (Å²) in [4.78, 5) is 47.9. The molecule has 2 amide bonds. The van der Waals surface area contributed by atoms with E-state index >= 15 is 0 Å². The van der Waals surface area contributed by atoms with Crippen molar-refractivity contribution >= 4 is 75.0 Å². The van der Waals surface area contributed by atoms with Gasteiger partial charge in [-0.05, 0) is 17.1 Å². The van der Waals surface area contributed by atoms with E-state index in [2.05, 4.69) is 36.6 Å². The highest BCUT2D eigenvalue weighted by Gasteiger charge is 2.54. The summed E-state index contributed by atoms with van der Waals surface area (Å²) in [6.07, 6.45) is 3.07. The second-order valence-corrected chi connectivity index (χ2v) is 10.5. The Kier molecular flexibility index (Phi) is 7.79. The smallest absolute Gasteiger partial charge is 0.352 e. The normalized spacial score (nSPS) is 19.9. The molecule has 0 spiro atoms. The van der Waals surface area contributed by atoms with Crippen molar-refractivity contribution in [2.45, 2.75) is 15.8 Å². The van der Waals surface area contributed by atoms with Gasteiger partial charge in [0, 0.05) is 17.3 Å². The first-order chi connectivity index (χ1) is 16.9. The van der Waals surface area contributed by atoms with Gasteiger partial charge in [0.1, 0.15) is 29.2 Å². The van der Waals surface area contributed by atoms with Crippen LogP contribution in [-0.2, 0) is 19.2 Å². The number of anilines is 1. The monoisotopic (exact) mass is 552 g/mol. The number of aliphatic carboxylic acids is 1. The number of thioether (sulfide) groups is 2. The van der Waals surface area contributed by atoms with Gasteiger partial charge in [-0.25, -0.2) is 4.79 Å². The molecular formula is C18H16N8O5S4. The van der Waals surface area contributed by atoms with Gasteiger partial charge in [0.05, 0.1) is 0 Å². The third kappa shape index (κ3) is 5.37. The van der Waals surface area contributed by atoms with E-state index in [1.165, 1.54) is 45.8 Å². The van der Waals surface area contributed by atoms with E-state index < -0.39 is 29.2 Å². The summed E-state index contributed by atoms with van der Waals surface area (Å²) >= 11 is 4.84. The molecule has 17 heteroatoms. The molecule has 0 aliphatic carbocycles. The predicted molar refractivity (Wildman–Crippen MR) is 132 cm³/mol. The lowest BCUT2D eigenvalue weighted by Gasteiger charge is -2.49. The SMILES string of the molecule is C=CCO/N=C(/C(=O)NC1C(=O)N2C(C(=O)O)=C(/C=C/Sc3nncs3)CSC12)c1nsc(N)n1. The number of nitrogens with two attached hydrogens (primary N) is 1. The van der Waals surface area contributed by atoms with E-state index in [0.29, 0.717) is 15.7 Å². The van der Waals surface area contributed by atoms with Crippen molar-refractivity contribution in [3.8, 4) is 0 Å². The van der Waals surface area contributed by atoms with Gasteiger partial charge < -0.3 is 21.0 Å². The highest BCUT2D eigenvalue weighted by Crippen LogP contribution is 2.41. The maximum Gasteiger partial charge on any atom is 0.352 e. The lowest BCUT2D eigenvalue weighted by atomic mass is 10.0. The fourth-order valence-electron chi connectivity index (χ4n) is 3.04. The third-order valence-electron chi connectivity index (χ3n) is 4.48. The van der Waals surface area contributed by atoms with Gasteiger partial charge in [-0.3, -0.25) is 14.5 Å². The molecule has 2 aliphatic heterocycles. The Morgan fingerprint density at radius 2 is 2.31 bits per heavy atom. The van der Waals surface area contributed by atoms with Crippen LogP contribution in [0.2, 0.25) is 0 Å². The van der Waals surface area contributed by atoms with Crippen molar-refractivity contribution in [2.24, 2.45) is 5.16 Å². The third-order valence-corrected chi connectivity index (χ3v) is 7.94. The van der Waals surface area contributed by atoms with Crippen LogP contribution >= 0.6 is 46.4 Å². The van der Waals surface area contributed by atoms with Crippen molar-refractivity contribution in [3.63, 3.8) is 0 Å². The molecule has 35 heavy (non-hydrogen) atoms. The van der Waals surface area contributed by atoms with Crippen LogP contribution in [0.5, 0.6) is 0 Å². The van der Waals surface area contributed by atoms with Crippen LogP contribution in [-0.4, -0.2) is 76.8 Å². The van der Waals surface area contributed by atoms with Crippen LogP contribution in [0, 0.1) is 0 Å². The second-order valence-electron chi connectivity index (χ2n) is 6.65. The number of β-lactam (4-membered cyclic amide) rings is 1. The fraction of sp³-hybridized carbons (Fsp3) is 0.222. The number of hydrogen-bond donors (Lipinski definition) is 3. The van der Waals surface area contributed by atoms with Crippen molar-refractivity contribution < 1.29 is 24.3 Å². The van der Waals surface area contributed by atoms with E-state index in [9.17, 15) is 19.5 Å². The molecule has 1 saturated heterocycles. The number of nitrogens with zero attached hydrogens (tertiary/aromatic N) is 6. The molecular weight excluding hydrogens is 537 g/mol. The molecule has 2 atom stereocenters. The number of allylic oxidation sites excluding steroid dienone is 1. The molecule has 4 rings (SSSR count). The van der Waals surface area contributed by atoms with Crippen molar-refractivity contribution in [3.05, 3.63) is 46.7 Å². The first-order valence-corrected chi connectivity index (χ1v) is 13.2. The van der Waals surface area contributed by atoms with E-state index in [0.717, 1.165) is 11.5 Å². The number of hydrogen-bond acceptors (Lipinski definition) is 14. The minimum Gasteiger partial charge on any atom is -0.477 e. The number of carboxylic acid groups (broad SMARTS) is 1. The van der Waals surface area contributed by atoms with Crippen molar-refractivity contribution in [1.82, 2.24) is 29.8 Å². The molecule has 182 valence electrons. The van der Waals surface area contributed by atoms with Crippen LogP contribution in [0.25, 0.3) is 0 Å². The molecule has 2 aliphatic rings. The Hall–Kier alpha value is -3.28. The maximum atomic E-state index is 12.9. The topological polar surface area (TPSA) is 186 Å². The summed E-state index contributed by atoms with van der Waals surface area (Å²) in [5, 5.41) is 25.0. The zero-order valence-corrected chi connectivity index (χ0v) is 20.8. The summed E-state index contributed by atoms with van der Waals surface area (Å²) in [5.41, 5.74) is 7.27. The van der Waals surface area contributed by atoms with Gasteiger partial charge in [0.2, 0.25) is 11.5 Å². The Bertz CT molecular complexity index is 1240. The number of carbonyl (C=O) groups is 3. The quantitative estimate of drug-likeness (QED) is 0.0946. The Morgan fingerprint density at radius 1 is 1.49 bits per heavy atom. The van der Waals surface area contributed by atoms with Crippen LogP contribution in [0.4, 0.5) is 5.13 Å². The van der Waals surface area contributed by atoms with Crippen LogP contribution in [0.15, 0.2) is 50.4 Å². The van der Waals surface area contributed by atoms with E-state index in [1.54, 1.807) is 17.0 Å². The Morgan fingerprint density at radius 3 is 2.97 bits per heavy atom. The fourth-order valence-corrected chi connectivity index (χ4v) is 6.03. The van der Waals surface area contributed by atoms with Crippen molar-refractivity contribution in [2.75, 3.05) is 18.1 Å². The number of nitrogen functional groups attached to an aromatic ring is 1. The van der Waals surface area contributed by atoms with Gasteiger partial charge in [0.15, 0.2) is 9.47 Å². The Balaban J connectivity index is 1.49. The molecule has 2 aromatic rings. The summed E-state index contributed by atoms with van der Waals surface area (Å²) in [7, 11) is 0. The molecule has 4 N–H and O–H groups in total. The van der Waals surface area contributed by atoms with Crippen LogP contribution < -0.4 is 11.1 Å². The minimum absolute atomic E-state index is 0.0332. The number of fused-ring (bicyclic) bond motifs is 1. The van der Waals surface area contributed by atoms with Crippen molar-refractivity contribution in [1.29, 1.82) is 0 Å². The number of nitrogens with one attached hydrogen (secondary N) is 1. The number of oxime groups is 1. The van der Waals surface area contributed by atoms with Gasteiger partial charge >= 0.3 is 5.97 Å². The summed E-state index contributed by atoms with van der Waals surface area (Å²) in [6, 6.07) is -0.969. The lowest BCUT2D eigenvalue weighted by Crippen LogP contribution is -2.71. The van der Waals surface area contributed by atoms with E-state index in [4.69, 9.17) is 10.6 Å². The van der Waals surface area contributed by atoms with E-state index in [-0.39, 0.29) is 29.0 Å². The summed E-state index contributed by atoms with van der Waals surface area (Å²) in [6.45, 7) is 3.54. The standard InChI is InChI=1S/C18H16N8O5S4/c1-2-4-31-24-9(12-22-17(19)35-25-12)13(27)21-10-14(28)26-11(16(29)30)8(6-33-15(10)26)3-5-32-18-23-20-7-34-18/h2-3,5,7,10,15H,1,4,6H2,(H,21,27)(H,29,30)(H2,19,22,25)/b5-3+,24-9+. The molecule has 0 saturated carbocycles. The van der Waals surface area contributed by atoms with Gasteiger partial charge in [0.25, 0.3) is 11.8 Å². The highest BCUT2D eigenvalue weighted by atomic mass is 32.2. The van der Waals surface area contributed by atoms with Crippen LogP contribution in [0.3, 0.4) is 0 Å². The molecule has 0 aromatic carbocycles. The molecule has 2 unspecified atom stereocenters. The number of rotatable bonds is 10. The highest BCUT2D eigenvalue weighted by molar-refractivity contribution is 8.03. The average Bonchev–Trinajstić information content (AvgIpc) is 3.51. The molecule has 0 bridgehead atoms. The number of amides is 2. The molecule has 2 aromatic heterocycles.